The molecule has 0 bridgehead atoms. The molecule has 1 rings (SSSR count). The highest BCUT2D eigenvalue weighted by atomic mass is 32.2. The summed E-state index contributed by atoms with van der Waals surface area (Å²) in [5.41, 5.74) is 0.293. The van der Waals surface area contributed by atoms with Crippen molar-refractivity contribution in [2.75, 3.05) is 6.54 Å². The van der Waals surface area contributed by atoms with Crippen molar-refractivity contribution in [2.24, 2.45) is 5.92 Å². The average molecular weight is 271 g/mol. The summed E-state index contributed by atoms with van der Waals surface area (Å²) in [6, 6.07) is 6.13. The largest absolute Gasteiger partial charge is 0.481 e. The summed E-state index contributed by atoms with van der Waals surface area (Å²) >= 11 is 0. The molecular formula is C12H17NO4S. The molecule has 18 heavy (non-hydrogen) atoms. The van der Waals surface area contributed by atoms with Crippen LogP contribution in [0.25, 0.3) is 0 Å². The molecule has 2 N–H and O–H groups in total. The molecule has 0 aliphatic carbocycles. The van der Waals surface area contributed by atoms with E-state index in [0.29, 0.717) is 12.1 Å². The lowest BCUT2D eigenvalue weighted by Gasteiger charge is -2.11. The quantitative estimate of drug-likeness (QED) is 0.815. The Morgan fingerprint density at radius 1 is 1.33 bits per heavy atom. The monoisotopic (exact) mass is 271 g/mol. The van der Waals surface area contributed by atoms with Gasteiger partial charge < -0.3 is 5.11 Å². The number of carboxylic acid groups (broad SMARTS) is 1. The second kappa shape index (κ2) is 5.97. The minimum atomic E-state index is -3.64. The van der Waals surface area contributed by atoms with Crippen molar-refractivity contribution in [1.82, 2.24) is 4.72 Å². The van der Waals surface area contributed by atoms with Crippen molar-refractivity contribution in [2.45, 2.75) is 25.2 Å². The molecule has 5 nitrogen and oxygen atoms in total. The van der Waals surface area contributed by atoms with E-state index >= 15 is 0 Å². The zero-order chi connectivity index (χ0) is 13.8. The van der Waals surface area contributed by atoms with E-state index in [4.69, 9.17) is 5.11 Å². The molecule has 0 aliphatic rings. The first-order valence-electron chi connectivity index (χ1n) is 5.62. The first-order chi connectivity index (χ1) is 8.33. The Bertz CT molecular complexity index is 523. The van der Waals surface area contributed by atoms with Gasteiger partial charge in [-0.25, -0.2) is 13.1 Å². The fourth-order valence-corrected chi connectivity index (χ4v) is 2.88. The number of sulfonamides is 1. The number of benzene rings is 1. The molecule has 0 radical (unpaired) electrons. The maximum Gasteiger partial charge on any atom is 0.307 e. The molecule has 0 heterocycles. The number of rotatable bonds is 6. The van der Waals surface area contributed by atoms with Crippen LogP contribution in [0.5, 0.6) is 0 Å². The highest BCUT2D eigenvalue weighted by molar-refractivity contribution is 7.89. The van der Waals surface area contributed by atoms with Crippen LogP contribution < -0.4 is 4.72 Å². The van der Waals surface area contributed by atoms with Crippen molar-refractivity contribution in [3.63, 3.8) is 0 Å². The minimum absolute atomic E-state index is 0.0352. The van der Waals surface area contributed by atoms with E-state index in [0.717, 1.165) is 0 Å². The zero-order valence-electron chi connectivity index (χ0n) is 10.4. The lowest BCUT2D eigenvalue weighted by atomic mass is 10.1. The summed E-state index contributed by atoms with van der Waals surface area (Å²) in [6.45, 7) is 4.11. The van der Waals surface area contributed by atoms with Gasteiger partial charge in [0.05, 0.1) is 11.3 Å². The SMILES string of the molecule is CC(C)CNS(=O)(=O)c1ccccc1CC(=O)O. The molecule has 0 spiro atoms. The second-order valence-corrected chi connectivity index (χ2v) is 6.16. The van der Waals surface area contributed by atoms with E-state index in [-0.39, 0.29) is 17.2 Å². The summed E-state index contributed by atoms with van der Waals surface area (Å²) in [5, 5.41) is 8.76. The van der Waals surface area contributed by atoms with Gasteiger partial charge in [0, 0.05) is 6.54 Å². The van der Waals surface area contributed by atoms with E-state index in [1.165, 1.54) is 12.1 Å². The van der Waals surface area contributed by atoms with Crippen LogP contribution in [0.2, 0.25) is 0 Å². The van der Waals surface area contributed by atoms with E-state index in [9.17, 15) is 13.2 Å². The summed E-state index contributed by atoms with van der Waals surface area (Å²) < 4.78 is 26.5. The predicted molar refractivity (Wildman–Crippen MR) is 67.8 cm³/mol. The first-order valence-corrected chi connectivity index (χ1v) is 7.10. The zero-order valence-corrected chi connectivity index (χ0v) is 11.2. The third-order valence-electron chi connectivity index (χ3n) is 2.29. The first kappa shape index (κ1) is 14.7. The van der Waals surface area contributed by atoms with Crippen molar-refractivity contribution >= 4 is 16.0 Å². The number of hydrogen-bond acceptors (Lipinski definition) is 3. The topological polar surface area (TPSA) is 83.5 Å². The maximum atomic E-state index is 12.0. The second-order valence-electron chi connectivity index (χ2n) is 4.42. The summed E-state index contributed by atoms with van der Waals surface area (Å²) in [5.74, 6) is -0.868. The predicted octanol–water partition coefficient (Wildman–Crippen LogP) is 1.25. The van der Waals surface area contributed by atoms with Crippen molar-refractivity contribution in [3.05, 3.63) is 29.8 Å². The molecule has 0 saturated heterocycles. The maximum absolute atomic E-state index is 12.0. The van der Waals surface area contributed by atoms with Crippen LogP contribution in [-0.2, 0) is 21.2 Å². The Balaban J connectivity index is 3.04. The van der Waals surface area contributed by atoms with Gasteiger partial charge in [-0.05, 0) is 17.5 Å². The van der Waals surface area contributed by atoms with Crippen molar-refractivity contribution in [3.8, 4) is 0 Å². The molecule has 1 aromatic carbocycles. The van der Waals surface area contributed by atoms with Crippen LogP contribution in [-0.4, -0.2) is 26.0 Å². The Morgan fingerprint density at radius 2 is 1.94 bits per heavy atom. The molecule has 100 valence electrons. The van der Waals surface area contributed by atoms with Crippen molar-refractivity contribution < 1.29 is 18.3 Å². The van der Waals surface area contributed by atoms with Gasteiger partial charge in [-0.15, -0.1) is 0 Å². The summed E-state index contributed by atoms with van der Waals surface area (Å²) in [4.78, 5) is 10.7. The Morgan fingerprint density at radius 3 is 2.50 bits per heavy atom. The van der Waals surface area contributed by atoms with E-state index in [2.05, 4.69) is 4.72 Å². The number of carbonyl (C=O) groups is 1. The molecule has 0 aromatic heterocycles. The number of carboxylic acids is 1. The molecule has 0 fully saturated rings. The van der Waals surface area contributed by atoms with E-state index in [1.54, 1.807) is 12.1 Å². The summed E-state index contributed by atoms with van der Waals surface area (Å²) in [6.07, 6.45) is -0.307. The fraction of sp³-hybridized carbons (Fsp3) is 0.417. The van der Waals surface area contributed by atoms with Crippen LogP contribution >= 0.6 is 0 Å². The Kier molecular flexibility index (Phi) is 4.86. The van der Waals surface area contributed by atoms with Gasteiger partial charge in [-0.2, -0.15) is 0 Å². The third-order valence-corrected chi connectivity index (χ3v) is 3.81. The molecular weight excluding hydrogens is 254 g/mol. The van der Waals surface area contributed by atoms with Gasteiger partial charge in [-0.1, -0.05) is 32.0 Å². The third kappa shape index (κ3) is 4.12. The molecule has 0 unspecified atom stereocenters. The van der Waals surface area contributed by atoms with Gasteiger partial charge in [0.25, 0.3) is 0 Å². The number of aliphatic carboxylic acids is 1. The standard InChI is InChI=1S/C12H17NO4S/c1-9(2)8-13-18(16,17)11-6-4-3-5-10(11)7-12(14)15/h3-6,9,13H,7-8H2,1-2H3,(H,14,15). The van der Waals surface area contributed by atoms with Crippen LogP contribution in [0.4, 0.5) is 0 Å². The summed E-state index contributed by atoms with van der Waals surface area (Å²) in [7, 11) is -3.64. The molecule has 0 amide bonds. The molecule has 0 aliphatic heterocycles. The van der Waals surface area contributed by atoms with Gasteiger partial charge in [0.1, 0.15) is 0 Å². The van der Waals surface area contributed by atoms with Crippen LogP contribution in [0.3, 0.4) is 0 Å². The van der Waals surface area contributed by atoms with E-state index in [1.807, 2.05) is 13.8 Å². The molecule has 0 saturated carbocycles. The lowest BCUT2D eigenvalue weighted by molar-refractivity contribution is -0.136. The number of nitrogens with one attached hydrogen (secondary N) is 1. The van der Waals surface area contributed by atoms with Crippen LogP contribution in [0, 0.1) is 5.92 Å². The molecule has 6 heteroatoms. The van der Waals surface area contributed by atoms with Gasteiger partial charge in [0.2, 0.25) is 10.0 Å². The Hall–Kier alpha value is -1.40. The van der Waals surface area contributed by atoms with Gasteiger partial charge in [-0.3, -0.25) is 4.79 Å². The smallest absolute Gasteiger partial charge is 0.307 e. The normalized spacial score (nSPS) is 11.7. The molecule has 1 aromatic rings. The van der Waals surface area contributed by atoms with Crippen molar-refractivity contribution in [1.29, 1.82) is 0 Å². The van der Waals surface area contributed by atoms with Crippen LogP contribution in [0.15, 0.2) is 29.2 Å². The Labute approximate surface area is 107 Å². The van der Waals surface area contributed by atoms with Gasteiger partial charge >= 0.3 is 5.97 Å². The minimum Gasteiger partial charge on any atom is -0.481 e. The molecule has 0 atom stereocenters. The van der Waals surface area contributed by atoms with Crippen LogP contribution in [0.1, 0.15) is 19.4 Å². The number of hydrogen-bond donors (Lipinski definition) is 2. The average Bonchev–Trinajstić information content (AvgIpc) is 2.26. The van der Waals surface area contributed by atoms with E-state index < -0.39 is 16.0 Å². The van der Waals surface area contributed by atoms with Gasteiger partial charge in [0.15, 0.2) is 0 Å². The highest BCUT2D eigenvalue weighted by Crippen LogP contribution is 2.16. The fourth-order valence-electron chi connectivity index (χ4n) is 1.43. The highest BCUT2D eigenvalue weighted by Gasteiger charge is 2.19. The lowest BCUT2D eigenvalue weighted by Crippen LogP contribution is -2.28.